The lowest BCUT2D eigenvalue weighted by molar-refractivity contribution is -0.141. The molecule has 5 nitrogen and oxygen atoms in total. The Balaban J connectivity index is 3.95. The smallest absolute Gasteiger partial charge is 0.327 e. The topological polar surface area (TPSA) is 86.6 Å². The van der Waals surface area contributed by atoms with E-state index >= 15 is 0 Å². The summed E-state index contributed by atoms with van der Waals surface area (Å²) in [7, 11) is 0. The summed E-state index contributed by atoms with van der Waals surface area (Å²) in [5, 5.41) is 19.3. The molecule has 0 saturated heterocycles. The second-order valence-corrected chi connectivity index (χ2v) is 3.52. The molecular weight excluding hydrogens is 206 g/mol. The first-order chi connectivity index (χ1) is 6.61. The van der Waals surface area contributed by atoms with Crippen LogP contribution in [-0.4, -0.2) is 46.2 Å². The molecule has 0 aromatic heterocycles. The van der Waals surface area contributed by atoms with Gasteiger partial charge in [-0.15, -0.1) is 6.58 Å². The number of nitrogens with one attached hydrogen (secondary N) is 1. The van der Waals surface area contributed by atoms with E-state index in [0.29, 0.717) is 5.75 Å². The zero-order valence-corrected chi connectivity index (χ0v) is 8.42. The molecular formula is C8H13NO4S. The van der Waals surface area contributed by atoms with E-state index < -0.39 is 24.5 Å². The minimum atomic E-state index is -1.11. The highest BCUT2D eigenvalue weighted by molar-refractivity contribution is 7.99. The van der Waals surface area contributed by atoms with Gasteiger partial charge >= 0.3 is 5.97 Å². The molecule has 0 aromatic rings. The zero-order chi connectivity index (χ0) is 11.0. The molecule has 0 unspecified atom stereocenters. The van der Waals surface area contributed by atoms with Crippen molar-refractivity contribution in [2.45, 2.75) is 6.04 Å². The molecule has 0 aromatic carbocycles. The van der Waals surface area contributed by atoms with Crippen LogP contribution in [0.1, 0.15) is 0 Å². The van der Waals surface area contributed by atoms with E-state index in [0.717, 1.165) is 0 Å². The minimum absolute atomic E-state index is 0.257. The predicted molar refractivity (Wildman–Crippen MR) is 54.2 cm³/mol. The minimum Gasteiger partial charge on any atom is -0.480 e. The van der Waals surface area contributed by atoms with Gasteiger partial charge in [-0.1, -0.05) is 6.08 Å². The Morgan fingerprint density at radius 1 is 1.57 bits per heavy atom. The first-order valence-corrected chi connectivity index (χ1v) is 5.09. The maximum atomic E-state index is 10.7. The highest BCUT2D eigenvalue weighted by Crippen LogP contribution is 2.03. The molecule has 0 radical (unpaired) electrons. The Bertz CT molecular complexity index is 219. The lowest BCUT2D eigenvalue weighted by Crippen LogP contribution is -2.43. The van der Waals surface area contributed by atoms with Gasteiger partial charge in [0.1, 0.15) is 12.6 Å². The molecule has 0 saturated carbocycles. The fourth-order valence-corrected chi connectivity index (χ4v) is 1.45. The van der Waals surface area contributed by atoms with Crippen LogP contribution < -0.4 is 5.32 Å². The van der Waals surface area contributed by atoms with Crippen molar-refractivity contribution in [1.82, 2.24) is 5.32 Å². The van der Waals surface area contributed by atoms with Crippen molar-refractivity contribution in [2.75, 3.05) is 18.1 Å². The van der Waals surface area contributed by atoms with Gasteiger partial charge in [0.15, 0.2) is 0 Å². The van der Waals surface area contributed by atoms with Gasteiger partial charge in [-0.2, -0.15) is 11.8 Å². The van der Waals surface area contributed by atoms with Gasteiger partial charge < -0.3 is 15.5 Å². The van der Waals surface area contributed by atoms with Gasteiger partial charge in [0.2, 0.25) is 5.91 Å². The summed E-state index contributed by atoms with van der Waals surface area (Å²) in [6.45, 7) is 2.79. The van der Waals surface area contributed by atoms with Gasteiger partial charge in [0, 0.05) is 11.5 Å². The summed E-state index contributed by atoms with van der Waals surface area (Å²) in [4.78, 5) is 21.3. The van der Waals surface area contributed by atoms with Crippen LogP contribution >= 0.6 is 11.8 Å². The summed E-state index contributed by atoms with van der Waals surface area (Å²) in [6.07, 6.45) is 1.65. The predicted octanol–water partition coefficient (Wildman–Crippen LogP) is -0.533. The first kappa shape index (κ1) is 13.0. The van der Waals surface area contributed by atoms with Gasteiger partial charge in [-0.3, -0.25) is 4.79 Å². The van der Waals surface area contributed by atoms with Crippen molar-refractivity contribution in [2.24, 2.45) is 0 Å². The maximum Gasteiger partial charge on any atom is 0.327 e. The Morgan fingerprint density at radius 3 is 2.64 bits per heavy atom. The third kappa shape index (κ3) is 5.60. The van der Waals surface area contributed by atoms with Crippen LogP contribution in [0.15, 0.2) is 12.7 Å². The standard InChI is InChI=1S/C8H13NO4S/c1-2-3-14-5-6(8(12)13)9-7(11)4-10/h2,6,10H,1,3-5H2,(H,9,11)(H,12,13)/t6-/m0/s1. The largest absolute Gasteiger partial charge is 0.480 e. The van der Waals surface area contributed by atoms with E-state index in [-0.39, 0.29) is 5.75 Å². The Hall–Kier alpha value is -1.01. The monoisotopic (exact) mass is 219 g/mol. The number of thioether (sulfide) groups is 1. The lowest BCUT2D eigenvalue weighted by atomic mass is 10.3. The molecule has 0 fully saturated rings. The molecule has 3 N–H and O–H groups in total. The van der Waals surface area contributed by atoms with Crippen LogP contribution in [0.3, 0.4) is 0 Å². The number of amides is 1. The molecule has 1 amide bonds. The fraction of sp³-hybridized carbons (Fsp3) is 0.500. The highest BCUT2D eigenvalue weighted by Gasteiger charge is 2.18. The van der Waals surface area contributed by atoms with Crippen LogP contribution in [0, 0.1) is 0 Å². The molecule has 0 aliphatic rings. The summed E-state index contributed by atoms with van der Waals surface area (Å²) in [5.41, 5.74) is 0. The van der Waals surface area contributed by atoms with Crippen LogP contribution in [0.4, 0.5) is 0 Å². The number of carboxylic acids is 1. The van der Waals surface area contributed by atoms with Crippen molar-refractivity contribution in [1.29, 1.82) is 0 Å². The van der Waals surface area contributed by atoms with E-state index in [9.17, 15) is 9.59 Å². The average Bonchev–Trinajstić information content (AvgIpc) is 2.16. The molecule has 0 heterocycles. The molecule has 0 aliphatic carbocycles. The Kier molecular flexibility index (Phi) is 6.87. The molecule has 6 heteroatoms. The third-order valence-electron chi connectivity index (χ3n) is 1.30. The van der Waals surface area contributed by atoms with E-state index in [1.54, 1.807) is 6.08 Å². The van der Waals surface area contributed by atoms with Gasteiger partial charge in [-0.25, -0.2) is 4.79 Å². The van der Waals surface area contributed by atoms with Crippen molar-refractivity contribution < 1.29 is 19.8 Å². The number of carbonyl (C=O) groups is 2. The van der Waals surface area contributed by atoms with Gasteiger partial charge in [0.05, 0.1) is 0 Å². The number of rotatable bonds is 7. The van der Waals surface area contributed by atoms with Crippen molar-refractivity contribution in [3.05, 3.63) is 12.7 Å². The second-order valence-electron chi connectivity index (χ2n) is 2.44. The van der Waals surface area contributed by atoms with Crippen molar-refractivity contribution in [3.8, 4) is 0 Å². The maximum absolute atomic E-state index is 10.7. The number of aliphatic hydroxyl groups excluding tert-OH is 1. The van der Waals surface area contributed by atoms with E-state index in [1.165, 1.54) is 11.8 Å². The molecule has 0 rings (SSSR count). The number of hydrogen-bond acceptors (Lipinski definition) is 4. The highest BCUT2D eigenvalue weighted by atomic mass is 32.2. The van der Waals surface area contributed by atoms with Crippen LogP contribution in [0.2, 0.25) is 0 Å². The summed E-state index contributed by atoms with van der Waals surface area (Å²) in [5.74, 6) is -0.911. The quantitative estimate of drug-likeness (QED) is 0.396. The van der Waals surface area contributed by atoms with Crippen LogP contribution in [-0.2, 0) is 9.59 Å². The molecule has 80 valence electrons. The number of hydrogen-bond donors (Lipinski definition) is 3. The molecule has 14 heavy (non-hydrogen) atoms. The summed E-state index contributed by atoms with van der Waals surface area (Å²) < 4.78 is 0. The number of aliphatic hydroxyl groups is 1. The molecule has 0 spiro atoms. The Labute approximate surface area is 86.2 Å². The zero-order valence-electron chi connectivity index (χ0n) is 7.60. The SMILES string of the molecule is C=CCSC[C@H](NC(=O)CO)C(=O)O. The Morgan fingerprint density at radius 2 is 2.21 bits per heavy atom. The van der Waals surface area contributed by atoms with Crippen molar-refractivity contribution in [3.63, 3.8) is 0 Å². The second kappa shape index (κ2) is 7.40. The van der Waals surface area contributed by atoms with Crippen LogP contribution in [0.5, 0.6) is 0 Å². The van der Waals surface area contributed by atoms with Crippen molar-refractivity contribution >= 4 is 23.6 Å². The lowest BCUT2D eigenvalue weighted by Gasteiger charge is -2.12. The summed E-state index contributed by atoms with van der Waals surface area (Å²) >= 11 is 1.35. The normalized spacial score (nSPS) is 11.8. The van der Waals surface area contributed by atoms with E-state index in [4.69, 9.17) is 10.2 Å². The molecule has 0 aliphatic heterocycles. The first-order valence-electron chi connectivity index (χ1n) is 3.93. The van der Waals surface area contributed by atoms with Gasteiger partial charge in [0.25, 0.3) is 0 Å². The number of carboxylic acid groups (broad SMARTS) is 1. The summed E-state index contributed by atoms with van der Waals surface area (Å²) in [6, 6.07) is -0.959. The third-order valence-corrected chi connectivity index (χ3v) is 2.34. The molecule has 0 bridgehead atoms. The van der Waals surface area contributed by atoms with E-state index in [1.807, 2.05) is 0 Å². The average molecular weight is 219 g/mol. The number of aliphatic carboxylic acids is 1. The number of carbonyl (C=O) groups excluding carboxylic acids is 1. The fourth-order valence-electron chi connectivity index (χ4n) is 0.684. The van der Waals surface area contributed by atoms with Gasteiger partial charge in [-0.05, 0) is 0 Å². The van der Waals surface area contributed by atoms with Crippen LogP contribution in [0.25, 0.3) is 0 Å². The van der Waals surface area contributed by atoms with E-state index in [2.05, 4.69) is 11.9 Å². The molecule has 1 atom stereocenters.